The number of pyridine rings is 1. The smallest absolute Gasteiger partial charge is 0.158 e. The molecule has 3 heterocycles. The van der Waals surface area contributed by atoms with Crippen LogP contribution in [0.15, 0.2) is 41.4 Å². The van der Waals surface area contributed by atoms with Gasteiger partial charge in [-0.25, -0.2) is 9.61 Å². The van der Waals surface area contributed by atoms with Gasteiger partial charge in [0.2, 0.25) is 0 Å². The predicted octanol–water partition coefficient (Wildman–Crippen LogP) is 1.68. The minimum absolute atomic E-state index is 0.571. The second-order valence-electron chi connectivity index (χ2n) is 3.89. The average Bonchev–Trinajstić information content (AvgIpc) is 3.01. The number of imidazole rings is 1. The van der Waals surface area contributed by atoms with E-state index in [1.54, 1.807) is 12.4 Å². The summed E-state index contributed by atoms with van der Waals surface area (Å²) in [6.07, 6.45) is 5.38. The molecule has 0 aromatic carbocycles. The van der Waals surface area contributed by atoms with E-state index < -0.39 is 0 Å². The number of hydrogen-bond acceptors (Lipinski definition) is 5. The Labute approximate surface area is 103 Å². The second-order valence-corrected chi connectivity index (χ2v) is 3.89. The minimum Gasteiger partial charge on any atom is -0.323 e. The van der Waals surface area contributed by atoms with Gasteiger partial charge in [0.25, 0.3) is 0 Å². The van der Waals surface area contributed by atoms with Crippen molar-refractivity contribution in [2.24, 2.45) is 0 Å². The maximum absolute atomic E-state index is 4.69. The summed E-state index contributed by atoms with van der Waals surface area (Å²) in [5.41, 5.74) is 2.41. The Balaban J connectivity index is 1.95. The zero-order chi connectivity index (χ0) is 12.4. The number of hydrogen-bond donors (Lipinski definition) is 0. The molecule has 0 fully saturated rings. The van der Waals surface area contributed by atoms with Crippen molar-refractivity contribution >= 4 is 0 Å². The molecule has 3 rings (SSSR count). The molecule has 6 heteroatoms. The fraction of sp³-hybridized carbons (Fsp3) is 0.167. The van der Waals surface area contributed by atoms with Crippen molar-refractivity contribution in [3.05, 3.63) is 48.2 Å². The van der Waals surface area contributed by atoms with Crippen LogP contribution in [0.2, 0.25) is 0 Å². The van der Waals surface area contributed by atoms with Crippen molar-refractivity contribution in [1.82, 2.24) is 24.8 Å². The first-order chi connectivity index (χ1) is 8.84. The zero-order valence-electron chi connectivity index (χ0n) is 9.82. The van der Waals surface area contributed by atoms with Crippen molar-refractivity contribution in [2.75, 3.05) is 0 Å². The molecule has 0 amide bonds. The highest BCUT2D eigenvalue weighted by atomic mass is 16.6. The van der Waals surface area contributed by atoms with Crippen LogP contribution in [-0.2, 0) is 6.54 Å². The van der Waals surface area contributed by atoms with E-state index in [1.807, 2.05) is 35.9 Å². The van der Waals surface area contributed by atoms with Crippen LogP contribution in [0.4, 0.5) is 0 Å². The molecule has 18 heavy (non-hydrogen) atoms. The van der Waals surface area contributed by atoms with Crippen molar-refractivity contribution in [1.29, 1.82) is 0 Å². The molecule has 0 aliphatic rings. The normalized spacial score (nSPS) is 10.7. The van der Waals surface area contributed by atoms with Crippen LogP contribution in [0.25, 0.3) is 11.5 Å². The summed E-state index contributed by atoms with van der Waals surface area (Å²) < 4.78 is 6.66. The topological polar surface area (TPSA) is 69.6 Å². The molecular formula is C12H11N5O. The molecule has 3 aromatic rings. The van der Waals surface area contributed by atoms with Crippen LogP contribution in [0.1, 0.15) is 11.4 Å². The van der Waals surface area contributed by atoms with Gasteiger partial charge in [0.15, 0.2) is 5.82 Å². The van der Waals surface area contributed by atoms with Crippen LogP contribution in [0, 0.1) is 6.92 Å². The number of aromatic nitrogens is 5. The Bertz CT molecular complexity index is 643. The first kappa shape index (κ1) is 10.6. The van der Waals surface area contributed by atoms with Gasteiger partial charge in [0, 0.05) is 18.6 Å². The van der Waals surface area contributed by atoms with Gasteiger partial charge in [0.05, 0.1) is 6.54 Å². The second kappa shape index (κ2) is 4.40. The van der Waals surface area contributed by atoms with Crippen molar-refractivity contribution in [2.45, 2.75) is 13.5 Å². The van der Waals surface area contributed by atoms with Crippen LogP contribution in [-0.4, -0.2) is 24.8 Å². The summed E-state index contributed by atoms with van der Waals surface area (Å²) in [5.74, 6) is 0.804. The van der Waals surface area contributed by atoms with Crippen molar-refractivity contribution < 1.29 is 4.63 Å². The highest BCUT2D eigenvalue weighted by Crippen LogP contribution is 2.15. The first-order valence-corrected chi connectivity index (χ1v) is 5.55. The van der Waals surface area contributed by atoms with E-state index in [-0.39, 0.29) is 0 Å². The molecule has 0 radical (unpaired) electrons. The number of rotatable bonds is 3. The third kappa shape index (κ3) is 1.88. The van der Waals surface area contributed by atoms with Gasteiger partial charge in [-0.15, -0.1) is 0 Å². The summed E-state index contributed by atoms with van der Waals surface area (Å²) in [5, 5.41) is 7.63. The van der Waals surface area contributed by atoms with Crippen LogP contribution in [0.3, 0.4) is 0 Å². The maximum atomic E-state index is 4.69. The molecule has 0 aliphatic heterocycles. The fourth-order valence-electron chi connectivity index (χ4n) is 1.72. The van der Waals surface area contributed by atoms with E-state index in [2.05, 4.69) is 20.3 Å². The van der Waals surface area contributed by atoms with E-state index in [9.17, 15) is 0 Å². The van der Waals surface area contributed by atoms with Crippen LogP contribution >= 0.6 is 0 Å². The molecule has 0 saturated heterocycles. The quantitative estimate of drug-likeness (QED) is 0.697. The lowest BCUT2D eigenvalue weighted by Gasteiger charge is -2.04. The van der Waals surface area contributed by atoms with Gasteiger partial charge >= 0.3 is 0 Å². The molecule has 3 aromatic heterocycles. The Kier molecular flexibility index (Phi) is 2.60. The number of aryl methyl sites for hydroxylation is 1. The predicted molar refractivity (Wildman–Crippen MR) is 63.6 cm³/mol. The summed E-state index contributed by atoms with van der Waals surface area (Å²) >= 11 is 0. The average molecular weight is 241 g/mol. The molecule has 6 nitrogen and oxygen atoms in total. The minimum atomic E-state index is 0.571. The van der Waals surface area contributed by atoms with Gasteiger partial charge in [-0.3, -0.25) is 4.98 Å². The Morgan fingerprint density at radius 2 is 2.11 bits per heavy atom. The lowest BCUT2D eigenvalue weighted by atomic mass is 10.3. The first-order valence-electron chi connectivity index (χ1n) is 5.55. The lowest BCUT2D eigenvalue weighted by Crippen LogP contribution is -2.03. The fourth-order valence-corrected chi connectivity index (χ4v) is 1.72. The molecule has 0 aliphatic carbocycles. The van der Waals surface area contributed by atoms with Crippen LogP contribution in [0.5, 0.6) is 0 Å². The van der Waals surface area contributed by atoms with Gasteiger partial charge in [-0.1, -0.05) is 16.4 Å². The van der Waals surface area contributed by atoms with Gasteiger partial charge in [-0.05, 0) is 19.1 Å². The SMILES string of the molecule is Cc1nonc1Cn1ccnc1-c1ccccn1. The zero-order valence-corrected chi connectivity index (χ0v) is 9.82. The third-order valence-corrected chi connectivity index (χ3v) is 2.68. The van der Waals surface area contributed by atoms with E-state index in [0.717, 1.165) is 22.9 Å². The highest BCUT2D eigenvalue weighted by Gasteiger charge is 2.11. The van der Waals surface area contributed by atoms with Crippen LogP contribution < -0.4 is 0 Å². The molecule has 0 spiro atoms. The van der Waals surface area contributed by atoms with Gasteiger partial charge < -0.3 is 4.57 Å². The molecule has 0 bridgehead atoms. The van der Waals surface area contributed by atoms with Crippen molar-refractivity contribution in [3.8, 4) is 11.5 Å². The third-order valence-electron chi connectivity index (χ3n) is 2.68. The molecule has 0 unspecified atom stereocenters. The van der Waals surface area contributed by atoms with E-state index >= 15 is 0 Å². The summed E-state index contributed by atoms with van der Waals surface area (Å²) in [7, 11) is 0. The van der Waals surface area contributed by atoms with E-state index in [4.69, 9.17) is 4.63 Å². The molecule has 0 saturated carbocycles. The molecular weight excluding hydrogens is 230 g/mol. The largest absolute Gasteiger partial charge is 0.323 e. The molecule has 0 atom stereocenters. The van der Waals surface area contributed by atoms with E-state index in [1.165, 1.54) is 0 Å². The van der Waals surface area contributed by atoms with Crippen molar-refractivity contribution in [3.63, 3.8) is 0 Å². The summed E-state index contributed by atoms with van der Waals surface area (Å²) in [6.45, 7) is 2.43. The standard InChI is InChI=1S/C12H11N5O/c1-9-11(16-18-15-9)8-17-7-6-14-12(17)10-4-2-3-5-13-10/h2-7H,8H2,1H3. The molecule has 90 valence electrons. The molecule has 0 N–H and O–H groups in total. The maximum Gasteiger partial charge on any atom is 0.158 e. The van der Waals surface area contributed by atoms with E-state index in [0.29, 0.717) is 6.54 Å². The highest BCUT2D eigenvalue weighted by molar-refractivity contribution is 5.49. The summed E-state index contributed by atoms with van der Waals surface area (Å²) in [6, 6.07) is 5.74. The van der Waals surface area contributed by atoms with Gasteiger partial charge in [-0.2, -0.15) is 0 Å². The van der Waals surface area contributed by atoms with Gasteiger partial charge in [0.1, 0.15) is 17.1 Å². The summed E-state index contributed by atoms with van der Waals surface area (Å²) in [4.78, 5) is 8.61. The Morgan fingerprint density at radius 3 is 2.83 bits per heavy atom. The number of nitrogens with zero attached hydrogens (tertiary/aromatic N) is 5. The Hall–Kier alpha value is -2.50. The Morgan fingerprint density at radius 1 is 1.17 bits per heavy atom. The lowest BCUT2D eigenvalue weighted by molar-refractivity contribution is 0.300. The monoisotopic (exact) mass is 241 g/mol.